The number of rotatable bonds is 3. The Morgan fingerprint density at radius 1 is 0.897 bits per heavy atom. The summed E-state index contributed by atoms with van der Waals surface area (Å²) < 4.78 is 13.1. The SMILES string of the molecule is O=C(c1ccc(F)cc1)N1CCC(C(=O)N2CCN(c3cnccn3)CC2)CC1. The van der Waals surface area contributed by atoms with Crippen LogP contribution in [0.15, 0.2) is 42.9 Å². The topological polar surface area (TPSA) is 69.6 Å². The minimum Gasteiger partial charge on any atom is -0.352 e. The molecular formula is C21H24FN5O2. The van der Waals surface area contributed by atoms with E-state index >= 15 is 0 Å². The lowest BCUT2D eigenvalue weighted by Crippen LogP contribution is -2.52. The minimum absolute atomic E-state index is 0.0460. The van der Waals surface area contributed by atoms with Gasteiger partial charge in [0.2, 0.25) is 5.91 Å². The Balaban J connectivity index is 1.27. The Bertz CT molecular complexity index is 845. The van der Waals surface area contributed by atoms with Crippen molar-refractivity contribution in [3.63, 3.8) is 0 Å². The molecule has 4 rings (SSSR count). The molecule has 2 fully saturated rings. The number of halogens is 1. The van der Waals surface area contributed by atoms with Crippen LogP contribution in [0.3, 0.4) is 0 Å². The highest BCUT2D eigenvalue weighted by atomic mass is 19.1. The van der Waals surface area contributed by atoms with Gasteiger partial charge < -0.3 is 14.7 Å². The Morgan fingerprint density at radius 3 is 2.21 bits per heavy atom. The highest BCUT2D eigenvalue weighted by Gasteiger charge is 2.32. The molecule has 7 nitrogen and oxygen atoms in total. The Morgan fingerprint density at radius 2 is 1.59 bits per heavy atom. The van der Waals surface area contributed by atoms with E-state index in [0.717, 1.165) is 18.9 Å². The van der Waals surface area contributed by atoms with Gasteiger partial charge in [0, 0.05) is 63.1 Å². The molecule has 152 valence electrons. The smallest absolute Gasteiger partial charge is 0.253 e. The van der Waals surface area contributed by atoms with E-state index in [0.29, 0.717) is 44.6 Å². The van der Waals surface area contributed by atoms with Crippen molar-refractivity contribution in [1.29, 1.82) is 0 Å². The molecule has 2 aromatic rings. The lowest BCUT2D eigenvalue weighted by Gasteiger charge is -2.38. The van der Waals surface area contributed by atoms with Gasteiger partial charge in [0.1, 0.15) is 11.6 Å². The number of carbonyl (C=O) groups excluding carboxylic acids is 2. The van der Waals surface area contributed by atoms with Crippen molar-refractivity contribution in [2.24, 2.45) is 5.92 Å². The van der Waals surface area contributed by atoms with E-state index in [-0.39, 0.29) is 23.5 Å². The predicted molar refractivity (Wildman–Crippen MR) is 106 cm³/mol. The summed E-state index contributed by atoms with van der Waals surface area (Å²) >= 11 is 0. The number of nitrogens with zero attached hydrogens (tertiary/aromatic N) is 5. The second kappa shape index (κ2) is 8.55. The summed E-state index contributed by atoms with van der Waals surface area (Å²) in [4.78, 5) is 39.7. The quantitative estimate of drug-likeness (QED) is 0.790. The van der Waals surface area contributed by atoms with E-state index in [1.54, 1.807) is 23.5 Å². The van der Waals surface area contributed by atoms with Crippen LogP contribution in [0.5, 0.6) is 0 Å². The molecule has 8 heteroatoms. The third kappa shape index (κ3) is 4.36. The number of benzene rings is 1. The molecule has 29 heavy (non-hydrogen) atoms. The minimum atomic E-state index is -0.356. The molecule has 2 saturated heterocycles. The highest BCUT2D eigenvalue weighted by molar-refractivity contribution is 5.94. The van der Waals surface area contributed by atoms with Crippen molar-refractivity contribution in [3.8, 4) is 0 Å². The highest BCUT2D eigenvalue weighted by Crippen LogP contribution is 2.22. The van der Waals surface area contributed by atoms with Crippen molar-refractivity contribution < 1.29 is 14.0 Å². The molecular weight excluding hydrogens is 373 g/mol. The first-order valence-electron chi connectivity index (χ1n) is 9.96. The summed E-state index contributed by atoms with van der Waals surface area (Å²) in [5.74, 6) is 0.513. The van der Waals surface area contributed by atoms with Crippen LogP contribution in [-0.2, 0) is 4.79 Å². The largest absolute Gasteiger partial charge is 0.352 e. The number of carbonyl (C=O) groups is 2. The molecule has 1 aromatic carbocycles. The summed E-state index contributed by atoms with van der Waals surface area (Å²) in [7, 11) is 0. The maximum atomic E-state index is 13.1. The van der Waals surface area contributed by atoms with Gasteiger partial charge in [-0.05, 0) is 37.1 Å². The van der Waals surface area contributed by atoms with Crippen LogP contribution in [0.25, 0.3) is 0 Å². The van der Waals surface area contributed by atoms with E-state index < -0.39 is 0 Å². The molecule has 1 aromatic heterocycles. The lowest BCUT2D eigenvalue weighted by atomic mass is 9.94. The molecule has 2 amide bonds. The summed E-state index contributed by atoms with van der Waals surface area (Å²) in [6.45, 7) is 3.92. The molecule has 0 saturated carbocycles. The molecule has 2 aliphatic heterocycles. The fourth-order valence-electron chi connectivity index (χ4n) is 3.97. The molecule has 0 radical (unpaired) electrons. The predicted octanol–water partition coefficient (Wildman–Crippen LogP) is 1.82. The van der Waals surface area contributed by atoms with Crippen LogP contribution < -0.4 is 4.90 Å². The number of piperidine rings is 1. The first-order valence-corrected chi connectivity index (χ1v) is 9.96. The Kier molecular flexibility index (Phi) is 5.69. The monoisotopic (exact) mass is 397 g/mol. The average molecular weight is 397 g/mol. The van der Waals surface area contributed by atoms with Crippen molar-refractivity contribution in [3.05, 3.63) is 54.2 Å². The molecule has 0 unspecified atom stereocenters. The second-order valence-corrected chi connectivity index (χ2v) is 7.45. The van der Waals surface area contributed by atoms with Gasteiger partial charge in [0.25, 0.3) is 5.91 Å². The molecule has 3 heterocycles. The summed E-state index contributed by atoms with van der Waals surface area (Å²) in [6, 6.07) is 5.60. The molecule has 0 spiro atoms. The van der Waals surface area contributed by atoms with E-state index in [4.69, 9.17) is 0 Å². The maximum Gasteiger partial charge on any atom is 0.253 e. The van der Waals surface area contributed by atoms with Gasteiger partial charge in [0.15, 0.2) is 0 Å². The standard InChI is InChI=1S/C21H24FN5O2/c22-18-3-1-16(2-4-18)20(28)26-9-5-17(6-10-26)21(29)27-13-11-25(12-14-27)19-15-23-7-8-24-19/h1-4,7-8,15,17H,5-6,9-14H2. The fraction of sp³-hybridized carbons (Fsp3) is 0.429. The van der Waals surface area contributed by atoms with E-state index in [9.17, 15) is 14.0 Å². The van der Waals surface area contributed by atoms with Crippen LogP contribution in [0.1, 0.15) is 23.2 Å². The number of piperazine rings is 1. The zero-order chi connectivity index (χ0) is 20.2. The first-order chi connectivity index (χ1) is 14.1. The molecule has 0 aliphatic carbocycles. The fourth-order valence-corrected chi connectivity index (χ4v) is 3.97. The van der Waals surface area contributed by atoms with Crippen LogP contribution in [0.2, 0.25) is 0 Å². The number of hydrogen-bond donors (Lipinski definition) is 0. The van der Waals surface area contributed by atoms with Crippen LogP contribution in [-0.4, -0.2) is 70.9 Å². The second-order valence-electron chi connectivity index (χ2n) is 7.45. The van der Waals surface area contributed by atoms with Crippen LogP contribution in [0.4, 0.5) is 10.2 Å². The number of likely N-dealkylation sites (tertiary alicyclic amines) is 1. The maximum absolute atomic E-state index is 13.1. The molecule has 0 atom stereocenters. The van der Waals surface area contributed by atoms with E-state index in [2.05, 4.69) is 14.9 Å². The van der Waals surface area contributed by atoms with Gasteiger partial charge in [-0.2, -0.15) is 0 Å². The molecule has 2 aliphatic rings. The lowest BCUT2D eigenvalue weighted by molar-refractivity contribution is -0.137. The van der Waals surface area contributed by atoms with E-state index in [1.807, 2.05) is 4.90 Å². The van der Waals surface area contributed by atoms with E-state index in [1.165, 1.54) is 24.3 Å². The summed E-state index contributed by atoms with van der Waals surface area (Å²) in [6.07, 6.45) is 6.39. The molecule has 0 bridgehead atoms. The van der Waals surface area contributed by atoms with Crippen molar-refractivity contribution >= 4 is 17.6 Å². The normalized spacial score (nSPS) is 18.0. The van der Waals surface area contributed by atoms with Crippen LogP contribution >= 0.6 is 0 Å². The van der Waals surface area contributed by atoms with Gasteiger partial charge in [-0.25, -0.2) is 9.37 Å². The van der Waals surface area contributed by atoms with Crippen molar-refractivity contribution in [2.45, 2.75) is 12.8 Å². The zero-order valence-electron chi connectivity index (χ0n) is 16.2. The van der Waals surface area contributed by atoms with Gasteiger partial charge >= 0.3 is 0 Å². The van der Waals surface area contributed by atoms with Gasteiger partial charge in [-0.3, -0.25) is 14.6 Å². The van der Waals surface area contributed by atoms with Crippen LogP contribution in [0, 0.1) is 11.7 Å². The van der Waals surface area contributed by atoms with Crippen molar-refractivity contribution in [1.82, 2.24) is 19.8 Å². The number of aromatic nitrogens is 2. The summed E-state index contributed by atoms with van der Waals surface area (Å²) in [5.41, 5.74) is 0.483. The Labute approximate surface area is 169 Å². The summed E-state index contributed by atoms with van der Waals surface area (Å²) in [5, 5.41) is 0. The zero-order valence-corrected chi connectivity index (χ0v) is 16.2. The number of hydrogen-bond acceptors (Lipinski definition) is 5. The van der Waals surface area contributed by atoms with Gasteiger partial charge in [-0.1, -0.05) is 0 Å². The third-order valence-corrected chi connectivity index (χ3v) is 5.69. The number of amides is 2. The Hall–Kier alpha value is -3.03. The van der Waals surface area contributed by atoms with Crippen molar-refractivity contribution in [2.75, 3.05) is 44.2 Å². The van der Waals surface area contributed by atoms with Gasteiger partial charge in [-0.15, -0.1) is 0 Å². The number of anilines is 1. The average Bonchev–Trinajstić information content (AvgIpc) is 2.79. The third-order valence-electron chi connectivity index (χ3n) is 5.69. The van der Waals surface area contributed by atoms with Gasteiger partial charge in [0.05, 0.1) is 6.20 Å². The molecule has 0 N–H and O–H groups in total. The first kappa shape index (κ1) is 19.3.